The molecule has 0 spiro atoms. The highest BCUT2D eigenvalue weighted by Gasteiger charge is 2.32. The van der Waals surface area contributed by atoms with Crippen LogP contribution in [0.4, 0.5) is 10.7 Å². The predicted molar refractivity (Wildman–Crippen MR) is 70.3 cm³/mol. The molecular weight excluding hydrogens is 262 g/mol. The Balaban J connectivity index is 2.09. The van der Waals surface area contributed by atoms with Crippen molar-refractivity contribution in [3.8, 4) is 0 Å². The molecule has 2 heterocycles. The van der Waals surface area contributed by atoms with Gasteiger partial charge in [0.25, 0.3) is 5.95 Å². The number of anilines is 1. The van der Waals surface area contributed by atoms with Gasteiger partial charge in [-0.3, -0.25) is 5.32 Å². The third-order valence-corrected chi connectivity index (χ3v) is 3.36. The van der Waals surface area contributed by atoms with Crippen LogP contribution in [0.5, 0.6) is 0 Å². The molecule has 0 aromatic carbocycles. The molecule has 108 valence electrons. The predicted octanol–water partition coefficient (Wildman–Crippen LogP) is 0.959. The topological polar surface area (TPSA) is 108 Å². The van der Waals surface area contributed by atoms with Crippen molar-refractivity contribution in [2.45, 2.75) is 39.2 Å². The van der Waals surface area contributed by atoms with Crippen LogP contribution in [0.2, 0.25) is 0 Å². The molecule has 20 heavy (non-hydrogen) atoms. The third-order valence-electron chi connectivity index (χ3n) is 3.36. The first kappa shape index (κ1) is 14.2. The number of nitrogens with zero attached hydrogens (tertiary/aromatic N) is 4. The van der Waals surface area contributed by atoms with Crippen LogP contribution in [0.25, 0.3) is 0 Å². The lowest BCUT2D eigenvalue weighted by Gasteiger charge is -2.32. The maximum Gasteiger partial charge on any atom is 0.326 e. The van der Waals surface area contributed by atoms with E-state index in [0.29, 0.717) is 24.4 Å². The first-order valence-electron chi connectivity index (χ1n) is 6.47. The summed E-state index contributed by atoms with van der Waals surface area (Å²) in [4.78, 5) is 28.7. The number of amides is 2. The molecule has 8 heteroatoms. The molecule has 1 fully saturated rings. The smallest absolute Gasteiger partial charge is 0.326 e. The van der Waals surface area contributed by atoms with E-state index in [1.54, 1.807) is 13.8 Å². The molecular formula is C12H17N5O3. The van der Waals surface area contributed by atoms with Crippen molar-refractivity contribution in [3.63, 3.8) is 0 Å². The summed E-state index contributed by atoms with van der Waals surface area (Å²) in [6.07, 6.45) is 2.07. The summed E-state index contributed by atoms with van der Waals surface area (Å²) < 4.78 is 0. The maximum atomic E-state index is 12.1. The minimum Gasteiger partial charge on any atom is -0.480 e. The van der Waals surface area contributed by atoms with Crippen LogP contribution in [-0.2, 0) is 4.79 Å². The molecule has 0 bridgehead atoms. The molecule has 2 rings (SSSR count). The van der Waals surface area contributed by atoms with E-state index < -0.39 is 18.0 Å². The summed E-state index contributed by atoms with van der Waals surface area (Å²) in [6.45, 7) is 3.95. The average Bonchev–Trinajstić information content (AvgIpc) is 2.43. The zero-order chi connectivity index (χ0) is 14.7. The summed E-state index contributed by atoms with van der Waals surface area (Å²) in [5.74, 6) is -0.896. The van der Waals surface area contributed by atoms with Crippen LogP contribution in [0, 0.1) is 13.8 Å². The first-order valence-corrected chi connectivity index (χ1v) is 6.47. The molecule has 8 nitrogen and oxygen atoms in total. The van der Waals surface area contributed by atoms with Gasteiger partial charge in [-0.25, -0.2) is 14.6 Å². The number of rotatable bonds is 2. The number of urea groups is 1. The van der Waals surface area contributed by atoms with E-state index in [9.17, 15) is 9.59 Å². The lowest BCUT2D eigenvalue weighted by Crippen LogP contribution is -2.49. The SMILES string of the molecule is Cc1nnc(NC(=O)N2CCCCC2C(=O)O)nc1C. The van der Waals surface area contributed by atoms with Crippen LogP contribution >= 0.6 is 0 Å². The number of nitrogens with one attached hydrogen (secondary N) is 1. The van der Waals surface area contributed by atoms with E-state index in [1.165, 1.54) is 4.90 Å². The van der Waals surface area contributed by atoms with Gasteiger partial charge in [-0.15, -0.1) is 5.10 Å². The summed E-state index contributed by atoms with van der Waals surface area (Å²) in [6, 6.07) is -1.29. The van der Waals surface area contributed by atoms with Gasteiger partial charge >= 0.3 is 12.0 Å². The Bertz CT molecular complexity index is 534. The molecule has 1 atom stereocenters. The third kappa shape index (κ3) is 3.01. The van der Waals surface area contributed by atoms with Gasteiger partial charge in [0.2, 0.25) is 0 Å². The first-order chi connectivity index (χ1) is 9.49. The molecule has 2 N–H and O–H groups in total. The second-order valence-electron chi connectivity index (χ2n) is 4.78. The number of piperidine rings is 1. The molecule has 1 aliphatic rings. The second-order valence-corrected chi connectivity index (χ2v) is 4.78. The molecule has 0 saturated carbocycles. The van der Waals surface area contributed by atoms with Gasteiger partial charge in [-0.2, -0.15) is 5.10 Å². The molecule has 2 amide bonds. The molecule has 0 aliphatic carbocycles. The van der Waals surface area contributed by atoms with Crippen LogP contribution in [0.3, 0.4) is 0 Å². The van der Waals surface area contributed by atoms with Crippen LogP contribution in [0.1, 0.15) is 30.7 Å². The van der Waals surface area contributed by atoms with E-state index in [0.717, 1.165) is 12.8 Å². The number of hydrogen-bond donors (Lipinski definition) is 2. The van der Waals surface area contributed by atoms with Gasteiger partial charge in [-0.05, 0) is 33.1 Å². The Labute approximate surface area is 116 Å². The lowest BCUT2D eigenvalue weighted by atomic mass is 10.0. The van der Waals surface area contributed by atoms with Crippen molar-refractivity contribution < 1.29 is 14.7 Å². The van der Waals surface area contributed by atoms with Gasteiger partial charge in [0.1, 0.15) is 6.04 Å². The highest BCUT2D eigenvalue weighted by molar-refractivity contribution is 5.91. The molecule has 1 unspecified atom stereocenters. The summed E-state index contributed by atoms with van der Waals surface area (Å²) in [5.41, 5.74) is 1.35. The number of aliphatic carboxylic acids is 1. The maximum absolute atomic E-state index is 12.1. The van der Waals surface area contributed by atoms with E-state index in [2.05, 4.69) is 20.5 Å². The number of hydrogen-bond acceptors (Lipinski definition) is 5. The molecule has 0 radical (unpaired) electrons. The number of likely N-dealkylation sites (tertiary alicyclic amines) is 1. The van der Waals surface area contributed by atoms with E-state index >= 15 is 0 Å². The fourth-order valence-corrected chi connectivity index (χ4v) is 2.11. The summed E-state index contributed by atoms with van der Waals surface area (Å²) >= 11 is 0. The standard InChI is InChI=1S/C12H17N5O3/c1-7-8(2)15-16-11(13-7)14-12(20)17-6-4-3-5-9(17)10(18)19/h9H,3-6H2,1-2H3,(H,18,19)(H,13,14,16,20). The van der Waals surface area contributed by atoms with Gasteiger partial charge in [0.05, 0.1) is 11.4 Å². The number of carbonyl (C=O) groups is 2. The fourth-order valence-electron chi connectivity index (χ4n) is 2.11. The van der Waals surface area contributed by atoms with Crippen LogP contribution in [0.15, 0.2) is 0 Å². The zero-order valence-electron chi connectivity index (χ0n) is 11.5. The highest BCUT2D eigenvalue weighted by atomic mass is 16.4. The van der Waals surface area contributed by atoms with Crippen molar-refractivity contribution >= 4 is 17.9 Å². The van der Waals surface area contributed by atoms with Gasteiger partial charge in [-0.1, -0.05) is 0 Å². The van der Waals surface area contributed by atoms with E-state index in [1.807, 2.05) is 0 Å². The van der Waals surface area contributed by atoms with Gasteiger partial charge < -0.3 is 10.0 Å². The number of aryl methyl sites for hydroxylation is 2. The zero-order valence-corrected chi connectivity index (χ0v) is 11.5. The Kier molecular flexibility index (Phi) is 4.11. The van der Waals surface area contributed by atoms with Crippen molar-refractivity contribution in [2.75, 3.05) is 11.9 Å². The van der Waals surface area contributed by atoms with E-state index in [4.69, 9.17) is 5.11 Å². The van der Waals surface area contributed by atoms with Gasteiger partial charge in [0, 0.05) is 6.54 Å². The Morgan fingerprint density at radius 2 is 2.00 bits per heavy atom. The minimum atomic E-state index is -0.987. The van der Waals surface area contributed by atoms with Crippen LogP contribution < -0.4 is 5.32 Å². The quantitative estimate of drug-likeness (QED) is 0.834. The van der Waals surface area contributed by atoms with Crippen molar-refractivity contribution in [2.24, 2.45) is 0 Å². The van der Waals surface area contributed by atoms with Crippen molar-refractivity contribution in [1.29, 1.82) is 0 Å². The van der Waals surface area contributed by atoms with Gasteiger partial charge in [0.15, 0.2) is 0 Å². The second kappa shape index (κ2) is 5.81. The number of carbonyl (C=O) groups excluding carboxylic acids is 1. The summed E-state index contributed by atoms with van der Waals surface area (Å²) in [5, 5.41) is 19.3. The highest BCUT2D eigenvalue weighted by Crippen LogP contribution is 2.18. The summed E-state index contributed by atoms with van der Waals surface area (Å²) in [7, 11) is 0. The number of carboxylic acid groups (broad SMARTS) is 1. The Morgan fingerprint density at radius 1 is 1.25 bits per heavy atom. The molecule has 1 aromatic heterocycles. The van der Waals surface area contributed by atoms with Crippen LogP contribution in [-0.4, -0.2) is 49.8 Å². The largest absolute Gasteiger partial charge is 0.480 e. The Morgan fingerprint density at radius 3 is 2.65 bits per heavy atom. The fraction of sp³-hybridized carbons (Fsp3) is 0.583. The minimum absolute atomic E-state index is 0.0906. The Hall–Kier alpha value is -2.25. The normalized spacial score (nSPS) is 18.7. The lowest BCUT2D eigenvalue weighted by molar-refractivity contribution is -0.143. The molecule has 1 saturated heterocycles. The number of aromatic nitrogens is 3. The number of carboxylic acids is 1. The molecule has 1 aliphatic heterocycles. The van der Waals surface area contributed by atoms with Crippen molar-refractivity contribution in [1.82, 2.24) is 20.1 Å². The van der Waals surface area contributed by atoms with E-state index in [-0.39, 0.29) is 5.95 Å². The van der Waals surface area contributed by atoms with Crippen molar-refractivity contribution in [3.05, 3.63) is 11.4 Å². The molecule has 1 aromatic rings. The monoisotopic (exact) mass is 279 g/mol. The average molecular weight is 279 g/mol.